The van der Waals surface area contributed by atoms with E-state index < -0.39 is 30.2 Å². The number of benzene rings is 1. The number of hydrogen-bond donors (Lipinski definition) is 4. The molecule has 9 heteroatoms. The smallest absolute Gasteiger partial charge is 0.225 e. The maximum atomic E-state index is 12.9. The summed E-state index contributed by atoms with van der Waals surface area (Å²) in [5.41, 5.74) is 0.791. The minimum atomic E-state index is -1.00. The summed E-state index contributed by atoms with van der Waals surface area (Å²) in [6.07, 6.45) is -1.82. The second-order valence-electron chi connectivity index (χ2n) is 7.31. The summed E-state index contributed by atoms with van der Waals surface area (Å²) in [7, 11) is 3.87. The Morgan fingerprint density at radius 3 is 2.67 bits per heavy atom. The SMILES string of the molecule is CN(C)CCNC(=O)C1CC(O)C(O)C2NC(=S)N(c3ccc(Cl)cc3)C12. The van der Waals surface area contributed by atoms with Crippen LogP contribution in [0.1, 0.15) is 6.42 Å². The molecule has 4 N–H and O–H groups in total. The van der Waals surface area contributed by atoms with E-state index in [1.165, 1.54) is 0 Å². The van der Waals surface area contributed by atoms with Crippen LogP contribution in [0.4, 0.5) is 5.69 Å². The Bertz CT molecular complexity index is 702. The summed E-state index contributed by atoms with van der Waals surface area (Å²) in [6, 6.07) is 6.26. The van der Waals surface area contributed by atoms with E-state index in [1.807, 2.05) is 36.0 Å². The lowest BCUT2D eigenvalue weighted by Gasteiger charge is -2.41. The number of aliphatic hydroxyl groups is 2. The molecule has 148 valence electrons. The van der Waals surface area contributed by atoms with Gasteiger partial charge in [0.05, 0.1) is 24.1 Å². The van der Waals surface area contributed by atoms with Gasteiger partial charge in [-0.15, -0.1) is 0 Å². The van der Waals surface area contributed by atoms with E-state index in [1.54, 1.807) is 12.1 Å². The first-order chi connectivity index (χ1) is 12.8. The molecule has 1 amide bonds. The van der Waals surface area contributed by atoms with Gasteiger partial charge in [0, 0.05) is 23.8 Å². The Labute approximate surface area is 169 Å². The number of nitrogens with one attached hydrogen (secondary N) is 2. The van der Waals surface area contributed by atoms with Crippen molar-refractivity contribution in [3.63, 3.8) is 0 Å². The highest BCUT2D eigenvalue weighted by Crippen LogP contribution is 2.37. The van der Waals surface area contributed by atoms with Crippen LogP contribution >= 0.6 is 23.8 Å². The third kappa shape index (κ3) is 4.20. The van der Waals surface area contributed by atoms with Crippen LogP contribution in [0.3, 0.4) is 0 Å². The molecule has 0 aromatic heterocycles. The zero-order valence-electron chi connectivity index (χ0n) is 15.3. The number of anilines is 1. The zero-order chi connectivity index (χ0) is 19.7. The van der Waals surface area contributed by atoms with Crippen molar-refractivity contribution in [2.45, 2.75) is 30.7 Å². The minimum Gasteiger partial charge on any atom is -0.390 e. The number of rotatable bonds is 5. The predicted molar refractivity (Wildman–Crippen MR) is 109 cm³/mol. The monoisotopic (exact) mass is 412 g/mol. The molecule has 3 rings (SSSR count). The van der Waals surface area contributed by atoms with Crippen LogP contribution < -0.4 is 15.5 Å². The van der Waals surface area contributed by atoms with Crippen molar-refractivity contribution >= 4 is 40.5 Å². The molecule has 2 fully saturated rings. The summed E-state index contributed by atoms with van der Waals surface area (Å²) in [6.45, 7) is 1.23. The van der Waals surface area contributed by atoms with Crippen molar-refractivity contribution in [1.29, 1.82) is 0 Å². The fraction of sp³-hybridized carbons (Fsp3) is 0.556. The van der Waals surface area contributed by atoms with Crippen molar-refractivity contribution in [3.8, 4) is 0 Å². The molecule has 7 nitrogen and oxygen atoms in total. The van der Waals surface area contributed by atoms with E-state index >= 15 is 0 Å². The molecule has 0 bridgehead atoms. The number of halogens is 1. The van der Waals surface area contributed by atoms with Crippen LogP contribution in [0.5, 0.6) is 0 Å². The lowest BCUT2D eigenvalue weighted by atomic mass is 9.77. The average molecular weight is 413 g/mol. The van der Waals surface area contributed by atoms with Crippen LogP contribution in [0.25, 0.3) is 0 Å². The molecule has 27 heavy (non-hydrogen) atoms. The number of aliphatic hydroxyl groups excluding tert-OH is 2. The van der Waals surface area contributed by atoms with E-state index in [4.69, 9.17) is 23.8 Å². The van der Waals surface area contributed by atoms with Gasteiger partial charge >= 0.3 is 0 Å². The van der Waals surface area contributed by atoms with Gasteiger partial charge in [-0.05, 0) is 57.0 Å². The summed E-state index contributed by atoms with van der Waals surface area (Å²) in [5, 5.41) is 27.8. The number of amides is 1. The molecule has 1 saturated carbocycles. The van der Waals surface area contributed by atoms with Gasteiger partial charge in [-0.2, -0.15) is 0 Å². The van der Waals surface area contributed by atoms with E-state index in [0.29, 0.717) is 16.7 Å². The second kappa shape index (κ2) is 8.28. The van der Waals surface area contributed by atoms with E-state index in [2.05, 4.69) is 10.6 Å². The van der Waals surface area contributed by atoms with Gasteiger partial charge in [0.25, 0.3) is 0 Å². The highest BCUT2D eigenvalue weighted by Gasteiger charge is 2.53. The van der Waals surface area contributed by atoms with Crippen LogP contribution in [0.15, 0.2) is 24.3 Å². The van der Waals surface area contributed by atoms with Gasteiger partial charge in [-0.25, -0.2) is 0 Å². The number of thiocarbonyl (C=S) groups is 1. The fourth-order valence-electron chi connectivity index (χ4n) is 3.78. The first-order valence-electron chi connectivity index (χ1n) is 8.93. The fourth-order valence-corrected chi connectivity index (χ4v) is 4.27. The van der Waals surface area contributed by atoms with E-state index in [-0.39, 0.29) is 12.3 Å². The molecule has 1 saturated heterocycles. The molecule has 1 aliphatic heterocycles. The van der Waals surface area contributed by atoms with Gasteiger partial charge < -0.3 is 30.6 Å². The lowest BCUT2D eigenvalue weighted by Crippen LogP contribution is -2.61. The van der Waals surface area contributed by atoms with Crippen molar-refractivity contribution in [2.24, 2.45) is 5.92 Å². The highest BCUT2D eigenvalue weighted by atomic mass is 35.5. The van der Waals surface area contributed by atoms with Crippen LogP contribution in [-0.2, 0) is 4.79 Å². The quantitative estimate of drug-likeness (QED) is 0.513. The minimum absolute atomic E-state index is 0.150. The van der Waals surface area contributed by atoms with Gasteiger partial charge in [-0.1, -0.05) is 11.6 Å². The Kier molecular flexibility index (Phi) is 6.22. The maximum absolute atomic E-state index is 12.9. The first kappa shape index (κ1) is 20.3. The molecule has 5 atom stereocenters. The second-order valence-corrected chi connectivity index (χ2v) is 8.13. The summed E-state index contributed by atoms with van der Waals surface area (Å²) < 4.78 is 0. The molecular weight excluding hydrogens is 388 g/mol. The van der Waals surface area contributed by atoms with Crippen molar-refractivity contribution in [2.75, 3.05) is 32.1 Å². The van der Waals surface area contributed by atoms with Gasteiger partial charge in [0.1, 0.15) is 6.10 Å². The molecule has 5 unspecified atom stereocenters. The molecule has 1 aromatic carbocycles. The third-order valence-electron chi connectivity index (χ3n) is 5.14. The Hall–Kier alpha value is -1.45. The third-order valence-corrected chi connectivity index (χ3v) is 5.71. The maximum Gasteiger partial charge on any atom is 0.225 e. The number of hydrogen-bond acceptors (Lipinski definition) is 5. The molecule has 1 heterocycles. The topological polar surface area (TPSA) is 88.1 Å². The Balaban J connectivity index is 1.87. The van der Waals surface area contributed by atoms with Crippen molar-refractivity contribution in [3.05, 3.63) is 29.3 Å². The average Bonchev–Trinajstić information content (AvgIpc) is 2.96. The number of carbonyl (C=O) groups is 1. The molecule has 0 radical (unpaired) electrons. The van der Waals surface area contributed by atoms with Crippen LogP contribution in [-0.4, -0.2) is 77.6 Å². The van der Waals surface area contributed by atoms with Crippen molar-refractivity contribution < 1.29 is 15.0 Å². The largest absolute Gasteiger partial charge is 0.390 e. The lowest BCUT2D eigenvalue weighted by molar-refractivity contribution is -0.131. The molecule has 1 aromatic rings. The number of likely N-dealkylation sites (N-methyl/N-ethyl adjacent to an activating group) is 1. The van der Waals surface area contributed by atoms with E-state index in [0.717, 1.165) is 12.2 Å². The van der Waals surface area contributed by atoms with Gasteiger partial charge in [-0.3, -0.25) is 4.79 Å². The number of carbonyl (C=O) groups excluding carboxylic acids is 1. The highest BCUT2D eigenvalue weighted by molar-refractivity contribution is 7.80. The van der Waals surface area contributed by atoms with Gasteiger partial charge in [0.15, 0.2) is 5.11 Å². The zero-order valence-corrected chi connectivity index (χ0v) is 16.9. The van der Waals surface area contributed by atoms with Gasteiger partial charge in [0.2, 0.25) is 5.91 Å². The standard InChI is InChI=1S/C18H25ClN4O3S/c1-22(2)8-7-20-17(26)12-9-13(24)16(25)14-15(12)23(18(27)21-14)11-5-3-10(19)4-6-11/h3-6,12-16,24-25H,7-9H2,1-2H3,(H,20,26)(H,21,27). The first-order valence-corrected chi connectivity index (χ1v) is 9.72. The van der Waals surface area contributed by atoms with Crippen LogP contribution in [0.2, 0.25) is 5.02 Å². The number of nitrogens with zero attached hydrogens (tertiary/aromatic N) is 2. The molecule has 2 aliphatic rings. The van der Waals surface area contributed by atoms with E-state index in [9.17, 15) is 15.0 Å². The summed E-state index contributed by atoms with van der Waals surface area (Å²) in [5.74, 6) is -0.664. The summed E-state index contributed by atoms with van der Waals surface area (Å²) >= 11 is 11.5. The summed E-state index contributed by atoms with van der Waals surface area (Å²) in [4.78, 5) is 16.7. The Morgan fingerprint density at radius 1 is 1.37 bits per heavy atom. The number of fused-ring (bicyclic) bond motifs is 1. The predicted octanol–water partition coefficient (Wildman–Crippen LogP) is 0.191. The molecular formula is C18H25ClN4O3S. The normalized spacial score (nSPS) is 30.2. The van der Waals surface area contributed by atoms with Crippen molar-refractivity contribution in [1.82, 2.24) is 15.5 Å². The molecule has 1 aliphatic carbocycles. The molecule has 0 spiro atoms. The van der Waals surface area contributed by atoms with Crippen LogP contribution in [0, 0.1) is 5.92 Å². The Morgan fingerprint density at radius 2 is 2.04 bits per heavy atom.